The number of anilines is 1. The molecule has 102 valence electrons. The van der Waals surface area contributed by atoms with Crippen molar-refractivity contribution >= 4 is 11.6 Å². The molecule has 0 unspecified atom stereocenters. The van der Waals surface area contributed by atoms with Crippen LogP contribution in [-0.4, -0.2) is 38.3 Å². The fraction of sp³-hybridized carbons (Fsp3) is 0.500. The zero-order valence-electron chi connectivity index (χ0n) is 11.1. The first kappa shape index (κ1) is 12.3. The lowest BCUT2D eigenvalue weighted by Crippen LogP contribution is -2.55. The SMILES string of the molecule is COc1cccc(N2CNC(=O)C23CCNCC3)c1. The van der Waals surface area contributed by atoms with E-state index in [-0.39, 0.29) is 5.91 Å². The van der Waals surface area contributed by atoms with Crippen molar-refractivity contribution in [2.45, 2.75) is 18.4 Å². The predicted molar refractivity (Wildman–Crippen MR) is 73.3 cm³/mol. The normalized spacial score (nSPS) is 21.5. The number of carbonyl (C=O) groups excluding carboxylic acids is 1. The molecule has 0 aliphatic carbocycles. The number of rotatable bonds is 2. The Labute approximate surface area is 112 Å². The number of benzene rings is 1. The summed E-state index contributed by atoms with van der Waals surface area (Å²) in [5.74, 6) is 0.970. The van der Waals surface area contributed by atoms with Gasteiger partial charge in [-0.05, 0) is 38.1 Å². The average molecular weight is 261 g/mol. The summed E-state index contributed by atoms with van der Waals surface area (Å²) in [4.78, 5) is 14.5. The van der Waals surface area contributed by atoms with Gasteiger partial charge in [0.1, 0.15) is 11.3 Å². The molecule has 3 rings (SSSR count). The molecular formula is C14H19N3O2. The number of hydrogen-bond donors (Lipinski definition) is 2. The van der Waals surface area contributed by atoms with E-state index in [9.17, 15) is 4.79 Å². The first-order valence-electron chi connectivity index (χ1n) is 6.67. The third-order valence-electron chi connectivity index (χ3n) is 4.13. The van der Waals surface area contributed by atoms with Crippen LogP contribution >= 0.6 is 0 Å². The van der Waals surface area contributed by atoms with E-state index in [0.29, 0.717) is 6.67 Å². The lowest BCUT2D eigenvalue weighted by Gasteiger charge is -2.40. The van der Waals surface area contributed by atoms with Crippen LogP contribution in [0.1, 0.15) is 12.8 Å². The molecule has 19 heavy (non-hydrogen) atoms. The molecule has 2 aliphatic heterocycles. The number of carbonyl (C=O) groups is 1. The smallest absolute Gasteiger partial charge is 0.247 e. The third kappa shape index (κ3) is 1.94. The van der Waals surface area contributed by atoms with Gasteiger partial charge in [0, 0.05) is 11.8 Å². The molecule has 0 radical (unpaired) electrons. The molecular weight excluding hydrogens is 242 g/mol. The highest BCUT2D eigenvalue weighted by atomic mass is 16.5. The number of ether oxygens (including phenoxy) is 1. The van der Waals surface area contributed by atoms with Crippen LogP contribution in [0.25, 0.3) is 0 Å². The average Bonchev–Trinajstić information content (AvgIpc) is 2.77. The minimum atomic E-state index is -0.391. The highest BCUT2D eigenvalue weighted by Gasteiger charge is 2.49. The highest BCUT2D eigenvalue weighted by Crippen LogP contribution is 2.35. The summed E-state index contributed by atoms with van der Waals surface area (Å²) in [7, 11) is 1.66. The fourth-order valence-electron chi connectivity index (χ4n) is 3.04. The molecule has 5 nitrogen and oxygen atoms in total. The maximum Gasteiger partial charge on any atom is 0.247 e. The first-order chi connectivity index (χ1) is 9.26. The highest BCUT2D eigenvalue weighted by molar-refractivity contribution is 5.93. The Kier molecular flexibility index (Phi) is 3.06. The van der Waals surface area contributed by atoms with Crippen LogP contribution in [0, 0.1) is 0 Å². The van der Waals surface area contributed by atoms with Crippen LogP contribution < -0.4 is 20.3 Å². The Hall–Kier alpha value is -1.75. The number of amides is 1. The summed E-state index contributed by atoms with van der Waals surface area (Å²) in [6.07, 6.45) is 1.69. The van der Waals surface area contributed by atoms with Gasteiger partial charge in [0.05, 0.1) is 13.8 Å². The number of methoxy groups -OCH3 is 1. The van der Waals surface area contributed by atoms with E-state index in [2.05, 4.69) is 15.5 Å². The second-order valence-corrected chi connectivity index (χ2v) is 5.08. The molecule has 1 aromatic carbocycles. The van der Waals surface area contributed by atoms with Crippen molar-refractivity contribution in [3.05, 3.63) is 24.3 Å². The predicted octanol–water partition coefficient (Wildman–Crippen LogP) is 0.711. The quantitative estimate of drug-likeness (QED) is 0.823. The summed E-state index contributed by atoms with van der Waals surface area (Å²) in [5.41, 5.74) is 0.650. The lowest BCUT2D eigenvalue weighted by atomic mass is 9.86. The van der Waals surface area contributed by atoms with Gasteiger partial charge < -0.3 is 20.3 Å². The summed E-state index contributed by atoms with van der Waals surface area (Å²) < 4.78 is 5.27. The van der Waals surface area contributed by atoms with E-state index in [1.807, 2.05) is 24.3 Å². The Morgan fingerprint density at radius 2 is 2.11 bits per heavy atom. The third-order valence-corrected chi connectivity index (χ3v) is 4.13. The maximum atomic E-state index is 12.3. The number of nitrogens with one attached hydrogen (secondary N) is 2. The van der Waals surface area contributed by atoms with E-state index in [4.69, 9.17) is 4.74 Å². The van der Waals surface area contributed by atoms with E-state index in [1.54, 1.807) is 7.11 Å². The topological polar surface area (TPSA) is 53.6 Å². The van der Waals surface area contributed by atoms with Gasteiger partial charge in [0.25, 0.3) is 0 Å². The van der Waals surface area contributed by atoms with Crippen LogP contribution in [0.3, 0.4) is 0 Å². The first-order valence-corrected chi connectivity index (χ1v) is 6.67. The molecule has 2 fully saturated rings. The second kappa shape index (κ2) is 4.74. The van der Waals surface area contributed by atoms with Crippen LogP contribution in [-0.2, 0) is 4.79 Å². The van der Waals surface area contributed by atoms with Crippen molar-refractivity contribution in [3.8, 4) is 5.75 Å². The van der Waals surface area contributed by atoms with Gasteiger partial charge in [-0.3, -0.25) is 4.79 Å². The van der Waals surface area contributed by atoms with Crippen molar-refractivity contribution in [2.24, 2.45) is 0 Å². The number of piperidine rings is 1. The van der Waals surface area contributed by atoms with Gasteiger partial charge in [-0.15, -0.1) is 0 Å². The molecule has 2 aliphatic rings. The zero-order chi connectivity index (χ0) is 13.3. The van der Waals surface area contributed by atoms with Crippen LogP contribution in [0.2, 0.25) is 0 Å². The summed E-state index contributed by atoms with van der Waals surface area (Å²) in [6, 6.07) is 7.91. The molecule has 2 N–H and O–H groups in total. The molecule has 0 aromatic heterocycles. The molecule has 0 bridgehead atoms. The van der Waals surface area contributed by atoms with Crippen LogP contribution in [0.15, 0.2) is 24.3 Å². The van der Waals surface area contributed by atoms with Crippen molar-refractivity contribution in [3.63, 3.8) is 0 Å². The molecule has 2 saturated heterocycles. The Morgan fingerprint density at radius 3 is 2.84 bits per heavy atom. The van der Waals surface area contributed by atoms with Crippen molar-refractivity contribution in [1.29, 1.82) is 0 Å². The monoisotopic (exact) mass is 261 g/mol. The van der Waals surface area contributed by atoms with Crippen LogP contribution in [0.4, 0.5) is 5.69 Å². The van der Waals surface area contributed by atoms with Gasteiger partial charge in [0.2, 0.25) is 5.91 Å². The molecule has 1 spiro atoms. The Morgan fingerprint density at radius 1 is 1.32 bits per heavy atom. The minimum Gasteiger partial charge on any atom is -0.497 e. The van der Waals surface area contributed by atoms with E-state index < -0.39 is 5.54 Å². The van der Waals surface area contributed by atoms with Crippen LogP contribution in [0.5, 0.6) is 5.75 Å². The second-order valence-electron chi connectivity index (χ2n) is 5.08. The number of nitrogens with zero attached hydrogens (tertiary/aromatic N) is 1. The van der Waals surface area contributed by atoms with Gasteiger partial charge in [-0.2, -0.15) is 0 Å². The van der Waals surface area contributed by atoms with E-state index >= 15 is 0 Å². The lowest BCUT2D eigenvalue weighted by molar-refractivity contribution is -0.124. The van der Waals surface area contributed by atoms with Crippen molar-refractivity contribution < 1.29 is 9.53 Å². The van der Waals surface area contributed by atoms with Crippen molar-refractivity contribution in [2.75, 3.05) is 31.8 Å². The summed E-state index contributed by atoms with van der Waals surface area (Å²) in [5, 5.41) is 6.30. The minimum absolute atomic E-state index is 0.150. The Bertz CT molecular complexity index is 483. The maximum absolute atomic E-state index is 12.3. The standard InChI is InChI=1S/C14H19N3O2/c1-19-12-4-2-3-11(9-12)17-10-16-13(18)14(17)5-7-15-8-6-14/h2-4,9,15H,5-8,10H2,1H3,(H,16,18). The zero-order valence-corrected chi connectivity index (χ0v) is 11.1. The van der Waals surface area contributed by atoms with Gasteiger partial charge in [-0.25, -0.2) is 0 Å². The summed E-state index contributed by atoms with van der Waals surface area (Å²) in [6.45, 7) is 2.34. The largest absolute Gasteiger partial charge is 0.497 e. The molecule has 0 saturated carbocycles. The number of hydrogen-bond acceptors (Lipinski definition) is 4. The Balaban J connectivity index is 1.96. The molecule has 5 heteroatoms. The van der Waals surface area contributed by atoms with Gasteiger partial charge in [0.15, 0.2) is 0 Å². The molecule has 1 aromatic rings. The fourth-order valence-corrected chi connectivity index (χ4v) is 3.04. The van der Waals surface area contributed by atoms with Crippen molar-refractivity contribution in [1.82, 2.24) is 10.6 Å². The molecule has 2 heterocycles. The molecule has 0 atom stereocenters. The molecule has 1 amide bonds. The van der Waals surface area contributed by atoms with Gasteiger partial charge >= 0.3 is 0 Å². The van der Waals surface area contributed by atoms with E-state index in [0.717, 1.165) is 37.4 Å². The summed E-state index contributed by atoms with van der Waals surface area (Å²) >= 11 is 0. The van der Waals surface area contributed by atoms with E-state index in [1.165, 1.54) is 0 Å². The van der Waals surface area contributed by atoms with Gasteiger partial charge in [-0.1, -0.05) is 6.07 Å².